The summed E-state index contributed by atoms with van der Waals surface area (Å²) in [6.45, 7) is 2.73. The van der Waals surface area contributed by atoms with Gasteiger partial charge < -0.3 is 10.5 Å². The predicted molar refractivity (Wildman–Crippen MR) is 53.5 cm³/mol. The second-order valence-electron chi connectivity index (χ2n) is 2.87. The molecule has 0 radical (unpaired) electrons. The van der Waals surface area contributed by atoms with Crippen LogP contribution >= 0.6 is 0 Å². The van der Waals surface area contributed by atoms with Gasteiger partial charge in [0.25, 0.3) is 0 Å². The summed E-state index contributed by atoms with van der Waals surface area (Å²) in [4.78, 5) is 0. The van der Waals surface area contributed by atoms with Crippen LogP contribution in [0.5, 0.6) is 5.88 Å². The Morgan fingerprint density at radius 1 is 1.50 bits per heavy atom. The monoisotopic (exact) mass is 194 g/mol. The van der Waals surface area contributed by atoms with E-state index in [4.69, 9.17) is 15.9 Å². The molecule has 76 valence electrons. The molecule has 14 heavy (non-hydrogen) atoms. The zero-order valence-corrected chi connectivity index (χ0v) is 8.16. The summed E-state index contributed by atoms with van der Waals surface area (Å²) < 4.78 is 5.30. The van der Waals surface area contributed by atoms with E-state index in [0.29, 0.717) is 18.2 Å². The average molecular weight is 194 g/mol. The highest BCUT2D eigenvalue weighted by Crippen LogP contribution is 2.05. The Labute approximate surface area is 82.8 Å². The topological polar surface area (TPSA) is 84.9 Å². The smallest absolute Gasteiger partial charge is 0.233 e. The molecule has 0 spiro atoms. The Morgan fingerprint density at radius 3 is 2.79 bits per heavy atom. The lowest BCUT2D eigenvalue weighted by atomic mass is 10.3. The van der Waals surface area contributed by atoms with Crippen LogP contribution in [0, 0.1) is 5.41 Å². The van der Waals surface area contributed by atoms with Crippen molar-refractivity contribution in [3.05, 3.63) is 17.8 Å². The van der Waals surface area contributed by atoms with E-state index in [1.54, 1.807) is 12.1 Å². The molecule has 0 saturated carbocycles. The van der Waals surface area contributed by atoms with E-state index in [9.17, 15) is 0 Å². The summed E-state index contributed by atoms with van der Waals surface area (Å²) >= 11 is 0. The SMILES string of the molecule is CCCCOc1ccc(C(=N)N)nn1. The van der Waals surface area contributed by atoms with Crippen molar-refractivity contribution in [3.8, 4) is 5.88 Å². The van der Waals surface area contributed by atoms with Crippen molar-refractivity contribution in [3.63, 3.8) is 0 Å². The molecular weight excluding hydrogens is 180 g/mol. The van der Waals surface area contributed by atoms with Crippen LogP contribution in [0.25, 0.3) is 0 Å². The van der Waals surface area contributed by atoms with E-state index >= 15 is 0 Å². The number of nitrogens with one attached hydrogen (secondary N) is 1. The third kappa shape index (κ3) is 3.01. The highest BCUT2D eigenvalue weighted by atomic mass is 16.5. The number of hydrogen-bond acceptors (Lipinski definition) is 4. The summed E-state index contributed by atoms with van der Waals surface area (Å²) in [5, 5.41) is 14.6. The maximum atomic E-state index is 7.11. The minimum atomic E-state index is -0.0855. The molecule has 0 amide bonds. The van der Waals surface area contributed by atoms with Crippen molar-refractivity contribution in [2.45, 2.75) is 19.8 Å². The molecule has 1 rings (SSSR count). The zero-order valence-electron chi connectivity index (χ0n) is 8.16. The van der Waals surface area contributed by atoms with Gasteiger partial charge in [0.15, 0.2) is 0 Å². The van der Waals surface area contributed by atoms with Crippen molar-refractivity contribution in [1.29, 1.82) is 5.41 Å². The minimum Gasteiger partial charge on any atom is -0.477 e. The van der Waals surface area contributed by atoms with Gasteiger partial charge in [-0.1, -0.05) is 13.3 Å². The molecular formula is C9H14N4O. The van der Waals surface area contributed by atoms with Gasteiger partial charge in [-0.05, 0) is 12.5 Å². The molecule has 5 heteroatoms. The molecule has 0 saturated heterocycles. The number of rotatable bonds is 5. The largest absolute Gasteiger partial charge is 0.477 e. The molecule has 0 aromatic carbocycles. The molecule has 1 aromatic rings. The van der Waals surface area contributed by atoms with E-state index in [-0.39, 0.29) is 5.84 Å². The lowest BCUT2D eigenvalue weighted by Gasteiger charge is -2.03. The number of nitrogens with two attached hydrogens (primary N) is 1. The zero-order chi connectivity index (χ0) is 10.4. The van der Waals surface area contributed by atoms with Gasteiger partial charge in [0.1, 0.15) is 11.5 Å². The summed E-state index contributed by atoms with van der Waals surface area (Å²) in [6, 6.07) is 3.29. The van der Waals surface area contributed by atoms with Gasteiger partial charge in [0, 0.05) is 6.07 Å². The van der Waals surface area contributed by atoms with Gasteiger partial charge >= 0.3 is 0 Å². The molecule has 0 aliphatic heterocycles. The molecule has 0 unspecified atom stereocenters. The summed E-state index contributed by atoms with van der Waals surface area (Å²) in [7, 11) is 0. The van der Waals surface area contributed by atoms with Gasteiger partial charge in [-0.15, -0.1) is 10.2 Å². The Balaban J connectivity index is 2.51. The van der Waals surface area contributed by atoms with Crippen LogP contribution in [0.3, 0.4) is 0 Å². The first-order valence-corrected chi connectivity index (χ1v) is 4.55. The fourth-order valence-electron chi connectivity index (χ4n) is 0.862. The quantitative estimate of drug-likeness (QED) is 0.415. The Bertz CT molecular complexity index is 296. The maximum Gasteiger partial charge on any atom is 0.233 e. The van der Waals surface area contributed by atoms with E-state index in [1.807, 2.05) is 0 Å². The lowest BCUT2D eigenvalue weighted by Crippen LogP contribution is -2.14. The molecule has 1 aromatic heterocycles. The van der Waals surface area contributed by atoms with Gasteiger partial charge in [0.05, 0.1) is 6.61 Å². The van der Waals surface area contributed by atoms with Crippen LogP contribution in [0.1, 0.15) is 25.5 Å². The normalized spacial score (nSPS) is 9.79. The lowest BCUT2D eigenvalue weighted by molar-refractivity contribution is 0.294. The van der Waals surface area contributed by atoms with Crippen molar-refractivity contribution < 1.29 is 4.74 Å². The summed E-state index contributed by atoms with van der Waals surface area (Å²) in [6.07, 6.45) is 2.08. The number of unbranched alkanes of at least 4 members (excludes halogenated alkanes) is 1. The van der Waals surface area contributed by atoms with Crippen LogP contribution in [0.2, 0.25) is 0 Å². The van der Waals surface area contributed by atoms with Crippen molar-refractivity contribution in [2.75, 3.05) is 6.61 Å². The van der Waals surface area contributed by atoms with Gasteiger partial charge in [0.2, 0.25) is 5.88 Å². The summed E-state index contributed by atoms with van der Waals surface area (Å²) in [5.74, 6) is 0.390. The molecule has 0 aliphatic carbocycles. The number of hydrogen-bond donors (Lipinski definition) is 2. The first-order chi connectivity index (χ1) is 6.74. The Hall–Kier alpha value is -1.65. The maximum absolute atomic E-state index is 7.11. The fraction of sp³-hybridized carbons (Fsp3) is 0.444. The van der Waals surface area contributed by atoms with E-state index < -0.39 is 0 Å². The molecule has 1 heterocycles. The molecule has 5 nitrogen and oxygen atoms in total. The van der Waals surface area contributed by atoms with Crippen LogP contribution in [0.4, 0.5) is 0 Å². The average Bonchev–Trinajstić information content (AvgIpc) is 2.19. The number of ether oxygens (including phenoxy) is 1. The highest BCUT2D eigenvalue weighted by Gasteiger charge is 2.00. The van der Waals surface area contributed by atoms with Gasteiger partial charge in [-0.25, -0.2) is 0 Å². The molecule has 3 N–H and O–H groups in total. The molecule has 0 atom stereocenters. The first-order valence-electron chi connectivity index (χ1n) is 4.55. The van der Waals surface area contributed by atoms with Crippen LogP contribution < -0.4 is 10.5 Å². The minimum absolute atomic E-state index is 0.0855. The number of aromatic nitrogens is 2. The van der Waals surface area contributed by atoms with Crippen LogP contribution in [0.15, 0.2) is 12.1 Å². The van der Waals surface area contributed by atoms with E-state index in [2.05, 4.69) is 17.1 Å². The van der Waals surface area contributed by atoms with Crippen molar-refractivity contribution >= 4 is 5.84 Å². The number of nitrogens with zero attached hydrogens (tertiary/aromatic N) is 2. The third-order valence-electron chi connectivity index (χ3n) is 1.66. The Morgan fingerprint density at radius 2 is 2.29 bits per heavy atom. The molecule has 0 bridgehead atoms. The first kappa shape index (κ1) is 10.4. The number of amidine groups is 1. The van der Waals surface area contributed by atoms with E-state index in [0.717, 1.165) is 12.8 Å². The van der Waals surface area contributed by atoms with Crippen molar-refractivity contribution in [1.82, 2.24) is 10.2 Å². The number of nitrogen functional groups attached to an aromatic ring is 1. The van der Waals surface area contributed by atoms with Crippen LogP contribution in [-0.2, 0) is 0 Å². The fourth-order valence-corrected chi connectivity index (χ4v) is 0.862. The van der Waals surface area contributed by atoms with Gasteiger partial charge in [-0.3, -0.25) is 5.41 Å². The van der Waals surface area contributed by atoms with Gasteiger partial charge in [-0.2, -0.15) is 0 Å². The third-order valence-corrected chi connectivity index (χ3v) is 1.66. The highest BCUT2D eigenvalue weighted by molar-refractivity contribution is 5.92. The second-order valence-corrected chi connectivity index (χ2v) is 2.87. The van der Waals surface area contributed by atoms with Crippen molar-refractivity contribution in [2.24, 2.45) is 5.73 Å². The van der Waals surface area contributed by atoms with E-state index in [1.165, 1.54) is 0 Å². The molecule has 0 aliphatic rings. The Kier molecular flexibility index (Phi) is 3.84. The van der Waals surface area contributed by atoms with Crippen LogP contribution in [-0.4, -0.2) is 22.6 Å². The molecule has 0 fully saturated rings. The standard InChI is InChI=1S/C9H14N4O/c1-2-3-6-14-8-5-4-7(9(10)11)12-13-8/h4-5H,2-3,6H2,1H3,(H3,10,11). The predicted octanol–water partition coefficient (Wildman–Crippen LogP) is 0.940. The second kappa shape index (κ2) is 5.16. The summed E-state index contributed by atoms with van der Waals surface area (Å²) in [5.41, 5.74) is 5.59.